The van der Waals surface area contributed by atoms with Crippen LogP contribution in [0.3, 0.4) is 0 Å². The van der Waals surface area contributed by atoms with Gasteiger partial charge < -0.3 is 5.32 Å². The van der Waals surface area contributed by atoms with Crippen LogP contribution < -0.4 is 5.32 Å². The van der Waals surface area contributed by atoms with Crippen LogP contribution in [0.15, 0.2) is 88.9 Å². The molecule has 0 aromatic heterocycles. The Hall–Kier alpha value is -2.91. The lowest BCUT2D eigenvalue weighted by Crippen LogP contribution is -2.19. The summed E-state index contributed by atoms with van der Waals surface area (Å²) >= 11 is 3.46. The molecule has 4 rings (SSSR count). The average molecular weight is 415 g/mol. The van der Waals surface area contributed by atoms with Gasteiger partial charge in [0, 0.05) is 15.7 Å². The van der Waals surface area contributed by atoms with E-state index in [1.165, 1.54) is 0 Å². The summed E-state index contributed by atoms with van der Waals surface area (Å²) in [5, 5.41) is 12.3. The van der Waals surface area contributed by atoms with E-state index in [-0.39, 0.29) is 0 Å². The minimum Gasteiger partial charge on any atom is -0.354 e. The Kier molecular flexibility index (Phi) is 4.78. The quantitative estimate of drug-likeness (QED) is 0.481. The molecule has 0 radical (unpaired) electrons. The highest BCUT2D eigenvalue weighted by Gasteiger charge is 2.19. The molecule has 0 aliphatic carbocycles. The summed E-state index contributed by atoms with van der Waals surface area (Å²) in [5.74, 6) is 0. The largest absolute Gasteiger partial charge is 0.354 e. The summed E-state index contributed by atoms with van der Waals surface area (Å²) in [6, 6.07) is 26.5. The van der Waals surface area contributed by atoms with Crippen molar-refractivity contribution in [2.24, 2.45) is 0 Å². The summed E-state index contributed by atoms with van der Waals surface area (Å²) in [4.78, 5) is 0. The van der Waals surface area contributed by atoms with Gasteiger partial charge in [-0.3, -0.25) is 5.41 Å². The number of allylic oxidation sites excluding steroid dienone is 1. The minimum atomic E-state index is 0.522. The smallest absolute Gasteiger partial charge is 0.0662 e. The first kappa shape index (κ1) is 17.5. The number of benzene rings is 3. The summed E-state index contributed by atoms with van der Waals surface area (Å²) in [6.07, 6.45) is 2.17. The van der Waals surface area contributed by atoms with Crippen molar-refractivity contribution < 1.29 is 0 Å². The van der Waals surface area contributed by atoms with Crippen molar-refractivity contribution in [3.8, 4) is 0 Å². The third-order valence-electron chi connectivity index (χ3n) is 4.76. The summed E-state index contributed by atoms with van der Waals surface area (Å²) < 4.78 is 1.01. The Balaban J connectivity index is 1.82. The first-order chi connectivity index (χ1) is 13.1. The second kappa shape index (κ2) is 7.37. The number of hydrogen-bond acceptors (Lipinski definition) is 2. The lowest BCUT2D eigenvalue weighted by molar-refractivity contribution is 1.19. The number of rotatable bonds is 3. The number of fused-ring (bicyclic) bond motifs is 1. The summed E-state index contributed by atoms with van der Waals surface area (Å²) in [7, 11) is 0. The number of halogens is 1. The second-order valence-corrected chi connectivity index (χ2v) is 7.43. The molecular formula is C24H19BrN2. The monoisotopic (exact) mass is 414 g/mol. The van der Waals surface area contributed by atoms with Gasteiger partial charge in [-0.1, -0.05) is 82.7 Å². The maximum atomic E-state index is 8.72. The SMILES string of the molecule is C/C(C(=N)c1ccc(Br)cc1)=C1/NC(c2ccccc2)=Cc2ccccc21. The fraction of sp³-hybridized carbons (Fsp3) is 0.0417. The van der Waals surface area contributed by atoms with Crippen LogP contribution in [0.1, 0.15) is 29.2 Å². The van der Waals surface area contributed by atoms with Crippen LogP contribution in [-0.4, -0.2) is 5.71 Å². The molecule has 0 bridgehead atoms. The van der Waals surface area contributed by atoms with Gasteiger partial charge in [0.2, 0.25) is 0 Å². The first-order valence-electron chi connectivity index (χ1n) is 8.83. The molecule has 1 heterocycles. The number of hydrogen-bond donors (Lipinski definition) is 2. The number of nitrogens with one attached hydrogen (secondary N) is 2. The van der Waals surface area contributed by atoms with Gasteiger partial charge in [0.15, 0.2) is 0 Å². The Morgan fingerprint density at radius 1 is 0.852 bits per heavy atom. The van der Waals surface area contributed by atoms with E-state index in [0.717, 1.165) is 43.7 Å². The van der Waals surface area contributed by atoms with Crippen molar-refractivity contribution in [1.82, 2.24) is 5.32 Å². The van der Waals surface area contributed by atoms with Crippen LogP contribution in [0, 0.1) is 5.41 Å². The normalized spacial score (nSPS) is 14.7. The van der Waals surface area contributed by atoms with Gasteiger partial charge in [-0.25, -0.2) is 0 Å². The predicted octanol–water partition coefficient (Wildman–Crippen LogP) is 6.35. The van der Waals surface area contributed by atoms with E-state index in [2.05, 4.69) is 57.7 Å². The molecular weight excluding hydrogens is 396 g/mol. The minimum absolute atomic E-state index is 0.522. The van der Waals surface area contributed by atoms with E-state index in [1.54, 1.807) is 0 Å². The van der Waals surface area contributed by atoms with E-state index in [1.807, 2.05) is 55.5 Å². The average Bonchev–Trinajstić information content (AvgIpc) is 2.73. The van der Waals surface area contributed by atoms with Crippen molar-refractivity contribution >= 4 is 39.1 Å². The van der Waals surface area contributed by atoms with Crippen molar-refractivity contribution in [3.63, 3.8) is 0 Å². The molecule has 0 unspecified atom stereocenters. The Morgan fingerprint density at radius 2 is 1.52 bits per heavy atom. The molecule has 0 saturated heterocycles. The standard InChI is InChI=1S/C24H19BrN2/c1-16(23(26)18-11-13-20(25)14-12-18)24-21-10-6-5-9-19(21)15-22(27-24)17-7-3-2-4-8-17/h2-15,26-27H,1H3/b24-16-,26-23?. The second-order valence-electron chi connectivity index (χ2n) is 6.52. The van der Waals surface area contributed by atoms with E-state index in [4.69, 9.17) is 5.41 Å². The summed E-state index contributed by atoms with van der Waals surface area (Å²) in [5.41, 5.74) is 7.79. The third kappa shape index (κ3) is 3.51. The molecule has 0 amide bonds. The zero-order valence-electron chi connectivity index (χ0n) is 15.0. The Labute approximate surface area is 167 Å². The fourth-order valence-corrected chi connectivity index (χ4v) is 3.54. The molecule has 2 nitrogen and oxygen atoms in total. The van der Waals surface area contributed by atoms with Gasteiger partial charge in [0.05, 0.1) is 11.4 Å². The molecule has 0 fully saturated rings. The van der Waals surface area contributed by atoms with E-state index in [9.17, 15) is 0 Å². The third-order valence-corrected chi connectivity index (χ3v) is 5.29. The van der Waals surface area contributed by atoms with Crippen LogP contribution in [0.4, 0.5) is 0 Å². The molecule has 3 aromatic rings. The molecule has 3 heteroatoms. The lowest BCUT2D eigenvalue weighted by Gasteiger charge is -2.24. The van der Waals surface area contributed by atoms with Gasteiger partial charge in [0.25, 0.3) is 0 Å². The van der Waals surface area contributed by atoms with Gasteiger partial charge in [-0.05, 0) is 47.4 Å². The maximum Gasteiger partial charge on any atom is 0.0662 e. The molecule has 0 spiro atoms. The topological polar surface area (TPSA) is 35.9 Å². The maximum absolute atomic E-state index is 8.72. The van der Waals surface area contributed by atoms with Crippen LogP contribution in [0.25, 0.3) is 17.5 Å². The summed E-state index contributed by atoms with van der Waals surface area (Å²) in [6.45, 7) is 2.01. The molecule has 0 saturated carbocycles. The zero-order valence-corrected chi connectivity index (χ0v) is 16.5. The molecule has 132 valence electrons. The predicted molar refractivity (Wildman–Crippen MR) is 117 cm³/mol. The molecule has 2 N–H and O–H groups in total. The van der Waals surface area contributed by atoms with Crippen molar-refractivity contribution in [3.05, 3.63) is 111 Å². The fourth-order valence-electron chi connectivity index (χ4n) is 3.27. The highest BCUT2D eigenvalue weighted by molar-refractivity contribution is 9.10. The van der Waals surface area contributed by atoms with E-state index < -0.39 is 0 Å². The zero-order chi connectivity index (χ0) is 18.8. The molecule has 1 aliphatic rings. The van der Waals surface area contributed by atoms with Crippen LogP contribution in [-0.2, 0) is 0 Å². The molecule has 0 atom stereocenters. The van der Waals surface area contributed by atoms with Crippen molar-refractivity contribution in [2.75, 3.05) is 0 Å². The van der Waals surface area contributed by atoms with E-state index >= 15 is 0 Å². The van der Waals surface area contributed by atoms with Crippen molar-refractivity contribution in [1.29, 1.82) is 5.41 Å². The molecule has 27 heavy (non-hydrogen) atoms. The van der Waals surface area contributed by atoms with Crippen LogP contribution in [0.5, 0.6) is 0 Å². The molecule has 3 aromatic carbocycles. The first-order valence-corrected chi connectivity index (χ1v) is 9.62. The Bertz CT molecular complexity index is 1060. The highest BCUT2D eigenvalue weighted by Crippen LogP contribution is 2.32. The van der Waals surface area contributed by atoms with Gasteiger partial charge >= 0.3 is 0 Å². The van der Waals surface area contributed by atoms with Gasteiger partial charge in [0.1, 0.15) is 0 Å². The van der Waals surface area contributed by atoms with Gasteiger partial charge in [-0.2, -0.15) is 0 Å². The highest BCUT2D eigenvalue weighted by atomic mass is 79.9. The van der Waals surface area contributed by atoms with Crippen molar-refractivity contribution in [2.45, 2.75) is 6.92 Å². The lowest BCUT2D eigenvalue weighted by atomic mass is 9.92. The van der Waals surface area contributed by atoms with Crippen LogP contribution >= 0.6 is 15.9 Å². The van der Waals surface area contributed by atoms with E-state index in [0.29, 0.717) is 5.71 Å². The Morgan fingerprint density at radius 3 is 2.26 bits per heavy atom. The van der Waals surface area contributed by atoms with Gasteiger partial charge in [-0.15, -0.1) is 0 Å². The molecule has 1 aliphatic heterocycles. The van der Waals surface area contributed by atoms with Crippen LogP contribution in [0.2, 0.25) is 0 Å².